The number of aromatic nitrogens is 5. The quantitative estimate of drug-likeness (QED) is 0.483. The molecule has 9 nitrogen and oxygen atoms in total. The number of methoxy groups -OCH3 is 1. The number of nitrogen functional groups attached to an aromatic ring is 1. The Bertz CT molecular complexity index is 555. The first-order valence-electron chi connectivity index (χ1n) is 6.20. The van der Waals surface area contributed by atoms with Crippen LogP contribution in [0.3, 0.4) is 0 Å². The highest BCUT2D eigenvalue weighted by Gasteiger charge is 2.06. The van der Waals surface area contributed by atoms with Crippen LogP contribution in [-0.4, -0.2) is 31.8 Å². The summed E-state index contributed by atoms with van der Waals surface area (Å²) in [7, 11) is 1.59. The van der Waals surface area contributed by atoms with Crippen LogP contribution in [0.2, 0.25) is 0 Å². The first kappa shape index (κ1) is 14.2. The van der Waals surface area contributed by atoms with E-state index < -0.39 is 0 Å². The van der Waals surface area contributed by atoms with Gasteiger partial charge < -0.3 is 20.0 Å². The smallest absolute Gasteiger partial charge is 0.158 e. The first-order valence-corrected chi connectivity index (χ1v) is 6.20. The standard InChI is InChI=1S/C11H18N8O/c1-3-19-7-14-18-11(19)5-13-8-4-9(17-12)16-10(15-8)6-20-2/h4,7H,3,5-6,12H2,1-2H3,(H2,13,15,16,17). The van der Waals surface area contributed by atoms with Gasteiger partial charge in [-0.15, -0.1) is 10.2 Å². The molecule has 2 aromatic rings. The zero-order chi connectivity index (χ0) is 14.4. The van der Waals surface area contributed by atoms with Crippen LogP contribution < -0.4 is 16.6 Å². The minimum absolute atomic E-state index is 0.315. The predicted molar refractivity (Wildman–Crippen MR) is 73.6 cm³/mol. The van der Waals surface area contributed by atoms with Gasteiger partial charge in [-0.2, -0.15) is 0 Å². The third-order valence-corrected chi connectivity index (χ3v) is 2.66. The van der Waals surface area contributed by atoms with Crippen LogP contribution in [0.15, 0.2) is 12.4 Å². The highest BCUT2D eigenvalue weighted by Crippen LogP contribution is 2.12. The van der Waals surface area contributed by atoms with Gasteiger partial charge in [0, 0.05) is 19.7 Å². The van der Waals surface area contributed by atoms with Gasteiger partial charge in [-0.25, -0.2) is 15.8 Å². The van der Waals surface area contributed by atoms with Crippen LogP contribution in [0.25, 0.3) is 0 Å². The van der Waals surface area contributed by atoms with Crippen molar-refractivity contribution in [1.29, 1.82) is 0 Å². The third kappa shape index (κ3) is 3.39. The van der Waals surface area contributed by atoms with E-state index in [0.29, 0.717) is 30.6 Å². The van der Waals surface area contributed by atoms with E-state index in [-0.39, 0.29) is 0 Å². The molecular weight excluding hydrogens is 260 g/mol. The van der Waals surface area contributed by atoms with Gasteiger partial charge in [-0.1, -0.05) is 0 Å². The van der Waals surface area contributed by atoms with Crippen molar-refractivity contribution in [3.63, 3.8) is 0 Å². The SMILES string of the molecule is CCn1cnnc1CNc1cc(NN)nc(COC)n1. The molecule has 0 amide bonds. The van der Waals surface area contributed by atoms with E-state index in [1.807, 2.05) is 11.5 Å². The molecule has 0 spiro atoms. The molecule has 0 bridgehead atoms. The number of hydrogen-bond donors (Lipinski definition) is 3. The number of nitrogens with zero attached hydrogens (tertiary/aromatic N) is 5. The fraction of sp³-hybridized carbons (Fsp3) is 0.455. The molecule has 0 aliphatic rings. The van der Waals surface area contributed by atoms with E-state index >= 15 is 0 Å². The molecule has 108 valence electrons. The van der Waals surface area contributed by atoms with Crippen molar-refractivity contribution in [1.82, 2.24) is 24.7 Å². The molecule has 0 saturated heterocycles. The number of hydrogen-bond acceptors (Lipinski definition) is 8. The lowest BCUT2D eigenvalue weighted by Crippen LogP contribution is -2.13. The molecule has 0 aliphatic heterocycles. The van der Waals surface area contributed by atoms with Crippen molar-refractivity contribution in [2.24, 2.45) is 5.84 Å². The van der Waals surface area contributed by atoms with Gasteiger partial charge in [-0.3, -0.25) is 0 Å². The zero-order valence-electron chi connectivity index (χ0n) is 11.5. The summed E-state index contributed by atoms with van der Waals surface area (Å²) in [6.07, 6.45) is 1.69. The monoisotopic (exact) mass is 278 g/mol. The second-order valence-corrected chi connectivity index (χ2v) is 4.02. The fourth-order valence-electron chi connectivity index (χ4n) is 1.70. The summed E-state index contributed by atoms with van der Waals surface area (Å²) in [5, 5.41) is 11.1. The molecule has 0 atom stereocenters. The molecule has 0 saturated carbocycles. The number of nitrogens with one attached hydrogen (secondary N) is 2. The molecular formula is C11H18N8O. The maximum atomic E-state index is 5.38. The van der Waals surface area contributed by atoms with E-state index in [9.17, 15) is 0 Å². The minimum atomic E-state index is 0.315. The topological polar surface area (TPSA) is 116 Å². The van der Waals surface area contributed by atoms with Crippen molar-refractivity contribution >= 4 is 11.6 Å². The minimum Gasteiger partial charge on any atom is -0.377 e. The molecule has 2 aromatic heterocycles. The predicted octanol–water partition coefficient (Wildman–Crippen LogP) is 0.132. The molecule has 4 N–H and O–H groups in total. The lowest BCUT2D eigenvalue weighted by atomic mass is 10.4. The largest absolute Gasteiger partial charge is 0.377 e. The van der Waals surface area contributed by atoms with E-state index in [0.717, 1.165) is 12.4 Å². The summed E-state index contributed by atoms with van der Waals surface area (Å²) in [5.74, 6) is 7.93. The molecule has 0 unspecified atom stereocenters. The van der Waals surface area contributed by atoms with E-state index in [1.54, 1.807) is 19.5 Å². The van der Waals surface area contributed by atoms with Gasteiger partial charge in [0.2, 0.25) is 0 Å². The zero-order valence-corrected chi connectivity index (χ0v) is 11.5. The molecule has 2 heterocycles. The Labute approximate surface area is 116 Å². The second kappa shape index (κ2) is 6.78. The van der Waals surface area contributed by atoms with Crippen molar-refractivity contribution in [3.05, 3.63) is 24.0 Å². The summed E-state index contributed by atoms with van der Waals surface area (Å²) < 4.78 is 6.97. The van der Waals surface area contributed by atoms with Crippen molar-refractivity contribution in [2.45, 2.75) is 26.6 Å². The van der Waals surface area contributed by atoms with Gasteiger partial charge in [0.25, 0.3) is 0 Å². The van der Waals surface area contributed by atoms with Crippen molar-refractivity contribution in [2.75, 3.05) is 17.9 Å². The molecule has 0 aromatic carbocycles. The summed E-state index contributed by atoms with van der Waals surface area (Å²) in [6, 6.07) is 1.71. The highest BCUT2D eigenvalue weighted by atomic mass is 16.5. The average molecular weight is 278 g/mol. The fourth-order valence-corrected chi connectivity index (χ4v) is 1.70. The Kier molecular flexibility index (Phi) is 4.80. The molecule has 2 rings (SSSR count). The Morgan fingerprint density at radius 3 is 2.85 bits per heavy atom. The van der Waals surface area contributed by atoms with Crippen LogP contribution in [0.1, 0.15) is 18.6 Å². The van der Waals surface area contributed by atoms with Gasteiger partial charge in [0.05, 0.1) is 6.54 Å². The van der Waals surface area contributed by atoms with E-state index in [2.05, 4.69) is 30.9 Å². The number of nitrogens with two attached hydrogens (primary N) is 1. The van der Waals surface area contributed by atoms with Gasteiger partial charge >= 0.3 is 0 Å². The number of aryl methyl sites for hydroxylation is 1. The lowest BCUT2D eigenvalue weighted by molar-refractivity contribution is 0.178. The molecule has 0 radical (unpaired) electrons. The van der Waals surface area contributed by atoms with Crippen LogP contribution in [-0.2, 0) is 24.4 Å². The average Bonchev–Trinajstić information content (AvgIpc) is 2.92. The summed E-state index contributed by atoms with van der Waals surface area (Å²) >= 11 is 0. The summed E-state index contributed by atoms with van der Waals surface area (Å²) in [4.78, 5) is 8.50. The third-order valence-electron chi connectivity index (χ3n) is 2.66. The number of ether oxygens (including phenoxy) is 1. The van der Waals surface area contributed by atoms with E-state index in [1.165, 1.54) is 0 Å². The highest BCUT2D eigenvalue weighted by molar-refractivity contribution is 5.46. The Morgan fingerprint density at radius 2 is 2.15 bits per heavy atom. The Balaban J connectivity index is 2.10. The molecule has 0 fully saturated rings. The number of rotatable bonds is 7. The molecule has 0 aliphatic carbocycles. The van der Waals surface area contributed by atoms with Crippen molar-refractivity contribution in [3.8, 4) is 0 Å². The van der Waals surface area contributed by atoms with Gasteiger partial charge in [0.15, 0.2) is 11.6 Å². The van der Waals surface area contributed by atoms with Crippen LogP contribution in [0.4, 0.5) is 11.6 Å². The maximum absolute atomic E-state index is 5.38. The Hall–Kier alpha value is -2.26. The number of anilines is 2. The number of hydrazine groups is 1. The maximum Gasteiger partial charge on any atom is 0.158 e. The van der Waals surface area contributed by atoms with Crippen molar-refractivity contribution < 1.29 is 4.74 Å². The second-order valence-electron chi connectivity index (χ2n) is 4.02. The Morgan fingerprint density at radius 1 is 1.35 bits per heavy atom. The summed E-state index contributed by atoms with van der Waals surface area (Å²) in [6.45, 7) is 3.68. The van der Waals surface area contributed by atoms with Crippen LogP contribution >= 0.6 is 0 Å². The van der Waals surface area contributed by atoms with Crippen LogP contribution in [0.5, 0.6) is 0 Å². The summed E-state index contributed by atoms with van der Waals surface area (Å²) in [5.41, 5.74) is 2.50. The first-order chi connectivity index (χ1) is 9.76. The van der Waals surface area contributed by atoms with Crippen LogP contribution in [0, 0.1) is 0 Å². The van der Waals surface area contributed by atoms with Gasteiger partial charge in [0.1, 0.15) is 24.6 Å². The normalized spacial score (nSPS) is 10.6. The lowest BCUT2D eigenvalue weighted by Gasteiger charge is -2.09. The molecule has 20 heavy (non-hydrogen) atoms. The van der Waals surface area contributed by atoms with E-state index in [4.69, 9.17) is 10.6 Å². The molecule has 9 heteroatoms. The van der Waals surface area contributed by atoms with Gasteiger partial charge in [-0.05, 0) is 6.92 Å².